The van der Waals surface area contributed by atoms with Crippen LogP contribution >= 0.6 is 15.9 Å². The van der Waals surface area contributed by atoms with Crippen molar-refractivity contribution in [2.75, 3.05) is 11.9 Å². The van der Waals surface area contributed by atoms with Gasteiger partial charge in [0.1, 0.15) is 6.61 Å². The van der Waals surface area contributed by atoms with Crippen LogP contribution in [0.15, 0.2) is 86.2 Å². The molecule has 0 saturated heterocycles. The number of hydrogen-bond donors (Lipinski definition) is 2. The van der Waals surface area contributed by atoms with Gasteiger partial charge in [0.05, 0.1) is 34.9 Å². The van der Waals surface area contributed by atoms with Crippen LogP contribution in [0.3, 0.4) is 0 Å². The van der Waals surface area contributed by atoms with E-state index in [1.165, 1.54) is 6.26 Å². The first-order valence-electron chi connectivity index (χ1n) is 14.5. The van der Waals surface area contributed by atoms with E-state index >= 15 is 0 Å². The van der Waals surface area contributed by atoms with Gasteiger partial charge in [-0.3, -0.25) is 9.59 Å². The highest BCUT2D eigenvalue weighted by Gasteiger charge is 2.39. The predicted octanol–water partition coefficient (Wildman–Crippen LogP) is 7.79. The molecule has 0 radical (unpaired) electrons. The number of amides is 1. The number of ketones is 1. The second-order valence-electron chi connectivity index (χ2n) is 10.7. The molecule has 2 unspecified atom stereocenters. The molecule has 1 aromatic heterocycles. The monoisotopic (exact) mass is 643 g/mol. The van der Waals surface area contributed by atoms with Crippen LogP contribution in [0, 0.1) is 17.2 Å². The molecule has 0 spiro atoms. The summed E-state index contributed by atoms with van der Waals surface area (Å²) in [6.45, 7) is 6.45. The number of nitrogens with zero attached hydrogens (tertiary/aromatic N) is 1. The minimum absolute atomic E-state index is 0.0834. The molecular weight excluding hydrogens is 610 g/mol. The maximum atomic E-state index is 13.5. The molecule has 2 N–H and O–H groups in total. The number of hydrogen-bond acceptors (Lipinski definition) is 7. The Kier molecular flexibility index (Phi) is 9.37. The van der Waals surface area contributed by atoms with Gasteiger partial charge in [-0.05, 0) is 84.4 Å². The van der Waals surface area contributed by atoms with E-state index < -0.39 is 5.92 Å². The van der Waals surface area contributed by atoms with E-state index in [0.717, 1.165) is 41.8 Å². The van der Waals surface area contributed by atoms with Crippen LogP contribution in [-0.4, -0.2) is 18.3 Å². The van der Waals surface area contributed by atoms with E-state index in [1.807, 2.05) is 44.2 Å². The molecular formula is C34H34BrN3O5. The second kappa shape index (κ2) is 13.3. The summed E-state index contributed by atoms with van der Waals surface area (Å²) in [6, 6.07) is 16.8. The molecule has 1 amide bonds. The van der Waals surface area contributed by atoms with Crippen LogP contribution in [0.2, 0.25) is 0 Å². The Morgan fingerprint density at radius 3 is 2.70 bits per heavy atom. The number of dihydropyridines is 1. The number of nitriles is 1. The van der Waals surface area contributed by atoms with Crippen LogP contribution in [0.25, 0.3) is 0 Å². The van der Waals surface area contributed by atoms with Crippen molar-refractivity contribution in [3.05, 3.63) is 98.7 Å². The largest absolute Gasteiger partial charge is 0.490 e. The number of carbonyl (C=O) groups excluding carboxylic acids is 2. The summed E-state index contributed by atoms with van der Waals surface area (Å²) >= 11 is 3.68. The number of carbonyl (C=O) groups is 2. The average Bonchev–Trinajstić information content (AvgIpc) is 3.52. The van der Waals surface area contributed by atoms with Crippen molar-refractivity contribution in [2.45, 2.75) is 59.0 Å². The quantitative estimate of drug-likeness (QED) is 0.232. The van der Waals surface area contributed by atoms with Crippen molar-refractivity contribution in [1.29, 1.82) is 5.26 Å². The predicted molar refractivity (Wildman–Crippen MR) is 167 cm³/mol. The van der Waals surface area contributed by atoms with E-state index in [4.69, 9.17) is 13.9 Å². The van der Waals surface area contributed by atoms with Crippen LogP contribution in [0.4, 0.5) is 5.69 Å². The lowest BCUT2D eigenvalue weighted by Gasteiger charge is -2.35. The SMILES string of the molecule is CCCC1CC(=O)C2=C(C1)NC(C)=C(C#N)C2c1cc(Br)c(OCc2ccccc2NC(=O)c2ccco2)c(OCC)c1. The molecule has 43 heavy (non-hydrogen) atoms. The van der Waals surface area contributed by atoms with Gasteiger partial charge in [-0.1, -0.05) is 31.5 Å². The molecule has 2 heterocycles. The zero-order valence-corrected chi connectivity index (χ0v) is 26.0. The van der Waals surface area contributed by atoms with Crippen LogP contribution in [-0.2, 0) is 11.4 Å². The molecule has 8 nitrogen and oxygen atoms in total. The Balaban J connectivity index is 1.46. The van der Waals surface area contributed by atoms with Crippen molar-refractivity contribution in [3.8, 4) is 17.6 Å². The fourth-order valence-electron chi connectivity index (χ4n) is 5.88. The van der Waals surface area contributed by atoms with E-state index in [9.17, 15) is 14.9 Å². The first-order chi connectivity index (χ1) is 20.8. The van der Waals surface area contributed by atoms with Crippen molar-refractivity contribution >= 4 is 33.3 Å². The summed E-state index contributed by atoms with van der Waals surface area (Å²) in [7, 11) is 0. The Labute approximate surface area is 259 Å². The van der Waals surface area contributed by atoms with Gasteiger partial charge in [-0.2, -0.15) is 5.26 Å². The average molecular weight is 645 g/mol. The van der Waals surface area contributed by atoms with Gasteiger partial charge in [0.2, 0.25) is 0 Å². The first-order valence-corrected chi connectivity index (χ1v) is 15.3. The second-order valence-corrected chi connectivity index (χ2v) is 11.6. The lowest BCUT2D eigenvalue weighted by molar-refractivity contribution is -0.117. The number of benzene rings is 2. The number of nitrogens with one attached hydrogen (secondary N) is 2. The summed E-state index contributed by atoms with van der Waals surface area (Å²) in [5.41, 5.74) is 5.00. The Morgan fingerprint density at radius 1 is 1.16 bits per heavy atom. The Hall–Kier alpha value is -4.29. The van der Waals surface area contributed by atoms with Crippen molar-refractivity contribution < 1.29 is 23.5 Å². The highest BCUT2D eigenvalue weighted by Crippen LogP contribution is 2.47. The lowest BCUT2D eigenvalue weighted by atomic mass is 9.72. The van der Waals surface area contributed by atoms with Crippen molar-refractivity contribution in [3.63, 3.8) is 0 Å². The number of furan rings is 1. The molecule has 2 aliphatic rings. The standard InChI is InChI=1S/C34H34BrN3O5/c1-4-9-21-14-27-32(28(39)15-21)31(24(18-36)20(3)37-27)23-16-25(35)33(30(17-23)41-5-2)43-19-22-10-6-7-11-26(22)38-34(40)29-12-8-13-42-29/h6-8,10-13,16-17,21,31,37H,4-5,9,14-15,19H2,1-3H3,(H,38,40). The number of halogens is 1. The van der Waals surface area contributed by atoms with E-state index in [1.54, 1.807) is 18.2 Å². The van der Waals surface area contributed by atoms with Gasteiger partial charge in [-0.25, -0.2) is 0 Å². The zero-order chi connectivity index (χ0) is 30.5. The zero-order valence-electron chi connectivity index (χ0n) is 24.5. The maximum absolute atomic E-state index is 13.5. The maximum Gasteiger partial charge on any atom is 0.291 e. The highest BCUT2D eigenvalue weighted by molar-refractivity contribution is 9.10. The number of anilines is 1. The van der Waals surface area contributed by atoms with Gasteiger partial charge in [0.25, 0.3) is 5.91 Å². The van der Waals surface area contributed by atoms with Gasteiger partial charge < -0.3 is 24.5 Å². The minimum atomic E-state index is -0.501. The molecule has 2 atom stereocenters. The van der Waals surface area contributed by atoms with E-state index in [0.29, 0.717) is 51.8 Å². The normalized spacial score (nSPS) is 18.1. The van der Waals surface area contributed by atoms with E-state index in [-0.39, 0.29) is 24.1 Å². The van der Waals surface area contributed by atoms with Gasteiger partial charge >= 0.3 is 0 Å². The molecule has 0 fully saturated rings. The van der Waals surface area contributed by atoms with Crippen molar-refractivity contribution in [2.24, 2.45) is 5.92 Å². The minimum Gasteiger partial charge on any atom is -0.490 e. The number of ether oxygens (including phenoxy) is 2. The lowest BCUT2D eigenvalue weighted by Crippen LogP contribution is -2.34. The molecule has 0 saturated carbocycles. The molecule has 5 rings (SSSR count). The molecule has 0 bridgehead atoms. The fraction of sp³-hybridized carbons (Fsp3) is 0.324. The number of para-hydroxylation sites is 1. The summed E-state index contributed by atoms with van der Waals surface area (Å²) in [5.74, 6) is 0.711. The molecule has 3 aromatic rings. The summed E-state index contributed by atoms with van der Waals surface area (Å²) in [4.78, 5) is 26.1. The topological polar surface area (TPSA) is 114 Å². The van der Waals surface area contributed by atoms with Gasteiger partial charge in [0, 0.05) is 34.6 Å². The van der Waals surface area contributed by atoms with Crippen LogP contribution in [0.5, 0.6) is 11.5 Å². The summed E-state index contributed by atoms with van der Waals surface area (Å²) < 4.78 is 18.2. The molecule has 2 aromatic carbocycles. The third-order valence-corrected chi connectivity index (χ3v) is 8.37. The number of allylic oxidation sites excluding steroid dienone is 4. The molecule has 222 valence electrons. The number of Topliss-reactive ketones (excluding diaryl/α,β-unsaturated/α-hetero) is 1. The summed E-state index contributed by atoms with van der Waals surface area (Å²) in [6.07, 6.45) is 4.74. The van der Waals surface area contributed by atoms with Crippen LogP contribution in [0.1, 0.15) is 74.1 Å². The van der Waals surface area contributed by atoms with Crippen molar-refractivity contribution in [1.82, 2.24) is 5.32 Å². The third-order valence-electron chi connectivity index (χ3n) is 7.78. The number of rotatable bonds is 10. The molecule has 1 aliphatic carbocycles. The smallest absolute Gasteiger partial charge is 0.291 e. The first kappa shape index (κ1) is 30.2. The van der Waals surface area contributed by atoms with Gasteiger partial charge in [0.15, 0.2) is 23.0 Å². The molecule has 1 aliphatic heterocycles. The molecule has 9 heteroatoms. The summed E-state index contributed by atoms with van der Waals surface area (Å²) in [5, 5.41) is 16.4. The van der Waals surface area contributed by atoms with Crippen LogP contribution < -0.4 is 20.1 Å². The Morgan fingerprint density at radius 2 is 1.98 bits per heavy atom. The van der Waals surface area contributed by atoms with Gasteiger partial charge in [-0.15, -0.1) is 0 Å². The fourth-order valence-corrected chi connectivity index (χ4v) is 6.45. The highest BCUT2D eigenvalue weighted by atomic mass is 79.9. The van der Waals surface area contributed by atoms with E-state index in [2.05, 4.69) is 39.6 Å². The third kappa shape index (κ3) is 6.40. The Bertz CT molecular complexity index is 1630.